The molecule has 0 saturated carbocycles. The first kappa shape index (κ1) is 25.3. The second-order valence-electron chi connectivity index (χ2n) is 9.09. The molecule has 6 heteroatoms. The smallest absolute Gasteiger partial charge is 0.220 e. The fourth-order valence-corrected chi connectivity index (χ4v) is 4.63. The molecule has 2 heterocycles. The van der Waals surface area contributed by atoms with E-state index in [-0.39, 0.29) is 0 Å². The van der Waals surface area contributed by atoms with E-state index in [0.717, 1.165) is 70.9 Å². The molecule has 0 radical (unpaired) electrons. The maximum atomic E-state index is 5.98. The van der Waals surface area contributed by atoms with E-state index >= 15 is 0 Å². The molecule has 0 aliphatic rings. The Morgan fingerprint density at radius 3 is 1.32 bits per heavy atom. The van der Waals surface area contributed by atoms with Crippen LogP contribution in [-0.4, -0.2) is 36.1 Å². The maximum Gasteiger partial charge on any atom is 0.220 e. The Bertz CT molecular complexity index is 1450. The van der Waals surface area contributed by atoms with Crippen LogP contribution in [0.2, 0.25) is 0 Å². The lowest BCUT2D eigenvalue weighted by Gasteiger charge is -2.20. The van der Waals surface area contributed by atoms with E-state index in [1.807, 2.05) is 36.4 Å². The van der Waals surface area contributed by atoms with Crippen LogP contribution in [0.3, 0.4) is 0 Å². The Kier molecular flexibility index (Phi) is 7.59. The summed E-state index contributed by atoms with van der Waals surface area (Å²) in [6.07, 6.45) is 7.84. The summed E-state index contributed by atoms with van der Waals surface area (Å²) in [5.74, 6) is 1.20. The van der Waals surface area contributed by atoms with Crippen molar-refractivity contribution in [3.63, 3.8) is 0 Å². The molecule has 3 aromatic carbocycles. The lowest BCUT2D eigenvalue weighted by molar-refractivity contribution is 0.589. The predicted molar refractivity (Wildman–Crippen MR) is 159 cm³/mol. The third-order valence-corrected chi connectivity index (χ3v) is 6.81. The van der Waals surface area contributed by atoms with Gasteiger partial charge in [0.25, 0.3) is 0 Å². The van der Waals surface area contributed by atoms with E-state index in [4.69, 9.17) is 8.83 Å². The summed E-state index contributed by atoms with van der Waals surface area (Å²) < 4.78 is 12.0. The molecule has 0 unspecified atom stereocenters. The van der Waals surface area contributed by atoms with Gasteiger partial charge in [-0.05, 0) is 75.2 Å². The molecular weight excluding hydrogens is 472 g/mol. The molecule has 0 amide bonds. The zero-order valence-corrected chi connectivity index (χ0v) is 22.5. The Hall–Kier alpha value is -4.32. The summed E-state index contributed by atoms with van der Waals surface area (Å²) in [5.41, 5.74) is 7.78. The molecule has 0 fully saturated rings. The summed E-state index contributed by atoms with van der Waals surface area (Å²) in [6.45, 7) is 12.5. The van der Waals surface area contributed by atoms with Crippen molar-refractivity contribution in [2.24, 2.45) is 0 Å². The zero-order valence-electron chi connectivity index (χ0n) is 22.5. The van der Waals surface area contributed by atoms with E-state index in [0.29, 0.717) is 11.8 Å². The molecular formula is C32H34N4O2. The van der Waals surface area contributed by atoms with Gasteiger partial charge in [0.05, 0.1) is 0 Å². The summed E-state index contributed by atoms with van der Waals surface area (Å²) in [6, 6.07) is 20.6. The third-order valence-electron chi connectivity index (χ3n) is 6.81. The Balaban J connectivity index is 1.26. The highest BCUT2D eigenvalue weighted by atomic mass is 16.4. The largest absolute Gasteiger partial charge is 0.437 e. The van der Waals surface area contributed by atoms with Crippen LogP contribution in [0, 0.1) is 0 Å². The molecule has 0 N–H and O–H groups in total. The van der Waals surface area contributed by atoms with E-state index in [1.165, 1.54) is 0 Å². The molecule has 6 nitrogen and oxygen atoms in total. The summed E-state index contributed by atoms with van der Waals surface area (Å²) in [7, 11) is 0. The normalized spacial score (nSPS) is 11.9. The van der Waals surface area contributed by atoms with Gasteiger partial charge in [-0.1, -0.05) is 24.3 Å². The number of hydrogen-bond donors (Lipinski definition) is 0. The van der Waals surface area contributed by atoms with Crippen molar-refractivity contribution < 1.29 is 8.83 Å². The van der Waals surface area contributed by atoms with Gasteiger partial charge in [0.15, 0.2) is 11.2 Å². The van der Waals surface area contributed by atoms with Crippen LogP contribution in [-0.2, 0) is 0 Å². The van der Waals surface area contributed by atoms with Crippen molar-refractivity contribution in [2.45, 2.75) is 27.7 Å². The highest BCUT2D eigenvalue weighted by Gasteiger charge is 2.09. The molecule has 38 heavy (non-hydrogen) atoms. The lowest BCUT2D eigenvalue weighted by atomic mass is 10.1. The van der Waals surface area contributed by atoms with Gasteiger partial charge < -0.3 is 18.6 Å². The monoisotopic (exact) mass is 506 g/mol. The number of fused-ring (bicyclic) bond motifs is 2. The number of nitrogens with zero attached hydrogens (tertiary/aromatic N) is 4. The van der Waals surface area contributed by atoms with E-state index in [2.05, 4.69) is 96.0 Å². The second-order valence-corrected chi connectivity index (χ2v) is 9.09. The van der Waals surface area contributed by atoms with Gasteiger partial charge in [0.1, 0.15) is 11.0 Å². The summed E-state index contributed by atoms with van der Waals surface area (Å²) in [4.78, 5) is 13.8. The van der Waals surface area contributed by atoms with Gasteiger partial charge in [-0.15, -0.1) is 0 Å². The first-order valence-corrected chi connectivity index (χ1v) is 13.4. The number of oxazole rings is 2. The quantitative estimate of drug-likeness (QED) is 0.191. The van der Waals surface area contributed by atoms with E-state index in [1.54, 1.807) is 0 Å². The predicted octanol–water partition coefficient (Wildman–Crippen LogP) is 8.00. The summed E-state index contributed by atoms with van der Waals surface area (Å²) in [5, 5.41) is 0. The highest BCUT2D eigenvalue weighted by molar-refractivity contribution is 5.81. The summed E-state index contributed by atoms with van der Waals surface area (Å²) >= 11 is 0. The topological polar surface area (TPSA) is 58.5 Å². The molecule has 0 atom stereocenters. The van der Waals surface area contributed by atoms with Crippen molar-refractivity contribution in [1.29, 1.82) is 0 Å². The third kappa shape index (κ3) is 5.49. The van der Waals surface area contributed by atoms with Gasteiger partial charge in [0.2, 0.25) is 11.8 Å². The lowest BCUT2D eigenvalue weighted by Crippen LogP contribution is -2.21. The van der Waals surface area contributed by atoms with Crippen molar-refractivity contribution in [3.05, 3.63) is 83.6 Å². The number of benzene rings is 3. The standard InChI is InChI=1S/C32H34N4O2/c1-5-35(6-2)25-15-17-27-29(21-25)37-31(33-27)19-13-23-9-11-24(12-10-23)14-20-32-34-28-18-16-26(22-30(28)38-32)36(7-3)8-4/h9-22H,5-8H2,1-4H3. The fourth-order valence-electron chi connectivity index (χ4n) is 4.63. The minimum Gasteiger partial charge on any atom is -0.437 e. The molecule has 0 aliphatic heterocycles. The van der Waals surface area contributed by atoms with Crippen molar-refractivity contribution in [2.75, 3.05) is 36.0 Å². The van der Waals surface area contributed by atoms with Crippen molar-refractivity contribution in [3.8, 4) is 0 Å². The van der Waals surface area contributed by atoms with Crippen LogP contribution in [0.25, 0.3) is 46.5 Å². The van der Waals surface area contributed by atoms with Crippen LogP contribution >= 0.6 is 0 Å². The molecule has 0 aliphatic carbocycles. The van der Waals surface area contributed by atoms with Crippen LogP contribution in [0.15, 0.2) is 69.5 Å². The average Bonchev–Trinajstić information content (AvgIpc) is 3.55. The molecule has 0 saturated heterocycles. The first-order valence-electron chi connectivity index (χ1n) is 13.4. The zero-order chi connectivity index (χ0) is 26.5. The van der Waals surface area contributed by atoms with Crippen LogP contribution < -0.4 is 9.80 Å². The number of anilines is 2. The molecule has 2 aromatic heterocycles. The number of hydrogen-bond acceptors (Lipinski definition) is 6. The fraction of sp³-hybridized carbons (Fsp3) is 0.250. The highest BCUT2D eigenvalue weighted by Crippen LogP contribution is 2.25. The minimum atomic E-state index is 0.598. The van der Waals surface area contributed by atoms with Crippen molar-refractivity contribution >= 4 is 57.9 Å². The maximum absolute atomic E-state index is 5.98. The van der Waals surface area contributed by atoms with E-state index < -0.39 is 0 Å². The number of aromatic nitrogens is 2. The van der Waals surface area contributed by atoms with E-state index in [9.17, 15) is 0 Å². The van der Waals surface area contributed by atoms with Gasteiger partial charge in [-0.25, -0.2) is 9.97 Å². The first-order chi connectivity index (χ1) is 18.6. The SMILES string of the molecule is CCN(CC)c1ccc2nc(C=Cc3ccc(C=Cc4nc5ccc(N(CC)CC)cc5o4)cc3)oc2c1. The van der Waals surface area contributed by atoms with Crippen molar-refractivity contribution in [1.82, 2.24) is 9.97 Å². The van der Waals surface area contributed by atoms with Gasteiger partial charge in [-0.2, -0.15) is 0 Å². The Morgan fingerprint density at radius 2 is 0.947 bits per heavy atom. The van der Waals surface area contributed by atoms with Gasteiger partial charge in [0, 0.05) is 61.8 Å². The van der Waals surface area contributed by atoms with Gasteiger partial charge in [-0.3, -0.25) is 0 Å². The average molecular weight is 507 g/mol. The Labute approximate surface area is 223 Å². The van der Waals surface area contributed by atoms with Crippen LogP contribution in [0.5, 0.6) is 0 Å². The van der Waals surface area contributed by atoms with Crippen LogP contribution in [0.1, 0.15) is 50.6 Å². The Morgan fingerprint density at radius 1 is 0.553 bits per heavy atom. The number of rotatable bonds is 10. The molecule has 0 spiro atoms. The van der Waals surface area contributed by atoms with Gasteiger partial charge >= 0.3 is 0 Å². The van der Waals surface area contributed by atoms with Crippen LogP contribution in [0.4, 0.5) is 11.4 Å². The molecule has 0 bridgehead atoms. The second kappa shape index (κ2) is 11.4. The molecule has 5 aromatic rings. The molecule has 194 valence electrons. The minimum absolute atomic E-state index is 0.598. The molecule has 5 rings (SSSR count).